The van der Waals surface area contributed by atoms with Gasteiger partial charge in [0.15, 0.2) is 42.6 Å². The number of allylic oxidation sites excluding steroid dienone is 4. The lowest BCUT2D eigenvalue weighted by Gasteiger charge is -2.43. The van der Waals surface area contributed by atoms with Gasteiger partial charge in [-0.25, -0.2) is 0 Å². The molecule has 12 nitrogen and oxygen atoms in total. The van der Waals surface area contributed by atoms with Crippen LogP contribution in [0.5, 0.6) is 69.0 Å². The molecule has 0 atom stereocenters. The van der Waals surface area contributed by atoms with Crippen LogP contribution in [0.3, 0.4) is 0 Å². The van der Waals surface area contributed by atoms with Crippen molar-refractivity contribution in [2.45, 2.75) is 33.2 Å². The van der Waals surface area contributed by atoms with E-state index in [1.165, 1.54) is 0 Å². The highest BCUT2D eigenvalue weighted by Gasteiger charge is 2.57. The molecule has 0 amide bonds. The second-order valence-corrected chi connectivity index (χ2v) is 15.8. The van der Waals surface area contributed by atoms with Gasteiger partial charge in [-0.3, -0.25) is 0 Å². The summed E-state index contributed by atoms with van der Waals surface area (Å²) in [7, 11) is 15.0. The summed E-state index contributed by atoms with van der Waals surface area (Å²) in [5, 5.41) is 2.20. The predicted octanol–water partition coefficient (Wildman–Crippen LogP) is 5.32. The Morgan fingerprint density at radius 3 is 0.750 bits per heavy atom. The van der Waals surface area contributed by atoms with Crippen LogP contribution in [0.4, 0.5) is 0 Å². The predicted molar refractivity (Wildman–Crippen MR) is 203 cm³/mol. The third-order valence-corrected chi connectivity index (χ3v) is 15.7. The summed E-state index contributed by atoms with van der Waals surface area (Å²) in [6, 6.07) is 5.84. The largest absolute Gasteiger partial charge is 0.493 e. The van der Waals surface area contributed by atoms with Crippen molar-refractivity contribution in [3.8, 4) is 69.0 Å². The fourth-order valence-corrected chi connectivity index (χ4v) is 14.1. The molecule has 0 heterocycles. The van der Waals surface area contributed by atoms with Gasteiger partial charge in [0.05, 0.1) is 85.3 Å². The van der Waals surface area contributed by atoms with Crippen LogP contribution < -0.4 is 72.4 Å². The number of ether oxygens (including phenoxy) is 12. The first-order valence-electron chi connectivity index (χ1n) is 16.4. The molecule has 0 aliphatic heterocycles. The summed E-state index contributed by atoms with van der Waals surface area (Å²) in [6.07, 6.45) is 0. The van der Waals surface area contributed by atoms with E-state index in [-0.39, 0.29) is 5.54 Å². The zero-order chi connectivity index (χ0) is 38.7. The van der Waals surface area contributed by atoms with Crippen molar-refractivity contribution >= 4 is 23.6 Å². The fraction of sp³-hybridized carbons (Fsp3) is 0.436. The second-order valence-electron chi connectivity index (χ2n) is 12.0. The van der Waals surface area contributed by atoms with Crippen molar-refractivity contribution < 1.29 is 56.8 Å². The van der Waals surface area contributed by atoms with Gasteiger partial charge in [0.2, 0.25) is 34.5 Å². The molecule has 0 bridgehead atoms. The topological polar surface area (TPSA) is 111 Å². The first-order valence-corrected chi connectivity index (χ1v) is 18.5. The minimum absolute atomic E-state index is 0.308. The lowest BCUT2D eigenvalue weighted by molar-refractivity contribution is 0.306. The second kappa shape index (κ2) is 16.1. The first-order chi connectivity index (χ1) is 25.0. The van der Waals surface area contributed by atoms with Gasteiger partial charge in [0.1, 0.15) is 0 Å². The normalized spacial score (nSPS) is 13.2. The van der Waals surface area contributed by atoms with Crippen molar-refractivity contribution in [2.75, 3.05) is 85.3 Å². The molecule has 0 unspecified atom stereocenters. The molecule has 0 N–H and O–H groups in total. The zero-order valence-electron chi connectivity index (χ0n) is 33.2. The van der Waals surface area contributed by atoms with Gasteiger partial charge in [-0.1, -0.05) is 11.1 Å². The number of hydrogen-bond acceptors (Lipinski definition) is 12. The van der Waals surface area contributed by atoms with Crippen LogP contribution in [0.2, 0.25) is 5.54 Å². The summed E-state index contributed by atoms with van der Waals surface area (Å²) in [5.41, 5.74) is 4.26. The van der Waals surface area contributed by atoms with Crippen LogP contribution in [0.15, 0.2) is 40.5 Å². The van der Waals surface area contributed by atoms with Gasteiger partial charge < -0.3 is 56.8 Å². The molecular weight excluding hydrogens is 689 g/mol. The van der Waals surface area contributed by atoms with Crippen molar-refractivity contribution in [1.29, 1.82) is 0 Å². The summed E-state index contributed by atoms with van der Waals surface area (Å²) in [5.74, 6) is 4.60. The van der Waals surface area contributed by atoms with Crippen LogP contribution in [0.25, 0.3) is 0 Å². The standard InChI is InChI=1S/C39H52O12Si/c1-20-21(2)23(4)39(22(20)3)52(27-17-24(40-5)30(43-8)36(49-14)33(27)46-11,28-18-25(41-6)31(44-9)37(50-15)34(28)47-12)29-19-26(42-7)32(45-10)38(51-16)35(29)48-13/h17-19,39H,1-16H3. The van der Waals surface area contributed by atoms with Gasteiger partial charge >= 0.3 is 0 Å². The highest BCUT2D eigenvalue weighted by Crippen LogP contribution is 2.55. The van der Waals surface area contributed by atoms with E-state index in [2.05, 4.69) is 27.7 Å². The minimum atomic E-state index is -3.93. The summed E-state index contributed by atoms with van der Waals surface area (Å²) in [4.78, 5) is 0. The van der Waals surface area contributed by atoms with Crippen LogP contribution in [0.1, 0.15) is 27.7 Å². The van der Waals surface area contributed by atoms with Crippen molar-refractivity contribution in [1.82, 2.24) is 0 Å². The Bertz CT molecular complexity index is 1680. The highest BCUT2D eigenvalue weighted by molar-refractivity contribution is 7.14. The monoisotopic (exact) mass is 740 g/mol. The Morgan fingerprint density at radius 2 is 0.558 bits per heavy atom. The molecule has 0 spiro atoms. The van der Waals surface area contributed by atoms with E-state index >= 15 is 0 Å². The van der Waals surface area contributed by atoms with Crippen molar-refractivity contribution in [2.24, 2.45) is 0 Å². The molecule has 0 saturated carbocycles. The average molecular weight is 741 g/mol. The van der Waals surface area contributed by atoms with Gasteiger partial charge in [-0.2, -0.15) is 0 Å². The number of methoxy groups -OCH3 is 12. The Morgan fingerprint density at radius 1 is 0.327 bits per heavy atom. The summed E-state index contributed by atoms with van der Waals surface area (Å²) >= 11 is 0. The maximum atomic E-state index is 6.39. The molecule has 3 aromatic rings. The SMILES string of the molecule is COc1cc([Si](c2cc(OC)c(OC)c(OC)c2OC)(c2cc(OC)c(OC)c(OC)c2OC)C2C(C)=C(C)C(C)=C2C)c(OC)c(OC)c1OC. The molecule has 1 aliphatic carbocycles. The maximum absolute atomic E-state index is 6.39. The van der Waals surface area contributed by atoms with E-state index in [0.717, 1.165) is 37.9 Å². The Balaban J connectivity index is 2.63. The van der Waals surface area contributed by atoms with E-state index in [9.17, 15) is 0 Å². The lowest BCUT2D eigenvalue weighted by atomic mass is 10.1. The highest BCUT2D eigenvalue weighted by atomic mass is 28.3. The van der Waals surface area contributed by atoms with E-state index in [1.54, 1.807) is 85.3 Å². The third-order valence-electron chi connectivity index (χ3n) is 10.3. The molecule has 0 aromatic heterocycles. The molecule has 3 aromatic carbocycles. The van der Waals surface area contributed by atoms with E-state index in [0.29, 0.717) is 69.0 Å². The molecule has 13 heteroatoms. The number of hydrogen-bond donors (Lipinski definition) is 0. The van der Waals surface area contributed by atoms with Crippen LogP contribution in [0, 0.1) is 0 Å². The zero-order valence-corrected chi connectivity index (χ0v) is 34.2. The van der Waals surface area contributed by atoms with Crippen molar-refractivity contribution in [3.63, 3.8) is 0 Å². The van der Waals surface area contributed by atoms with Gasteiger partial charge in [-0.15, -0.1) is 0 Å². The Kier molecular flexibility index (Phi) is 12.3. The average Bonchev–Trinajstić information content (AvgIpc) is 3.37. The molecule has 0 radical (unpaired) electrons. The first kappa shape index (κ1) is 39.7. The Labute approximate surface area is 308 Å². The maximum Gasteiger partial charge on any atom is 0.207 e. The smallest absolute Gasteiger partial charge is 0.207 e. The van der Waals surface area contributed by atoms with E-state index in [4.69, 9.17) is 56.8 Å². The number of benzene rings is 3. The quantitative estimate of drug-likeness (QED) is 0.140. The van der Waals surface area contributed by atoms with Gasteiger partial charge in [0, 0.05) is 21.1 Å². The van der Waals surface area contributed by atoms with Crippen LogP contribution >= 0.6 is 0 Å². The lowest BCUT2D eigenvalue weighted by Crippen LogP contribution is -2.70. The molecule has 52 heavy (non-hydrogen) atoms. The Hall–Kier alpha value is -5.04. The fourth-order valence-electron chi connectivity index (χ4n) is 7.78. The number of rotatable bonds is 16. The minimum Gasteiger partial charge on any atom is -0.493 e. The van der Waals surface area contributed by atoms with E-state index in [1.807, 2.05) is 18.2 Å². The molecular formula is C39H52O12Si. The van der Waals surface area contributed by atoms with Gasteiger partial charge in [0.25, 0.3) is 0 Å². The molecule has 0 saturated heterocycles. The molecule has 284 valence electrons. The summed E-state index contributed by atoms with van der Waals surface area (Å²) in [6.45, 7) is 8.58. The summed E-state index contributed by atoms with van der Waals surface area (Å²) < 4.78 is 73.3. The van der Waals surface area contributed by atoms with Crippen LogP contribution in [-0.4, -0.2) is 93.4 Å². The molecule has 4 rings (SSSR count). The van der Waals surface area contributed by atoms with Gasteiger partial charge in [-0.05, 0) is 57.0 Å². The van der Waals surface area contributed by atoms with Crippen LogP contribution in [-0.2, 0) is 0 Å². The van der Waals surface area contributed by atoms with E-state index < -0.39 is 8.07 Å². The molecule has 1 aliphatic rings. The molecule has 0 fully saturated rings. The van der Waals surface area contributed by atoms with Crippen molar-refractivity contribution in [3.05, 3.63) is 40.5 Å². The third kappa shape index (κ3) is 5.75.